The summed E-state index contributed by atoms with van der Waals surface area (Å²) in [6, 6.07) is 3.66. The maximum absolute atomic E-state index is 11.1. The lowest BCUT2D eigenvalue weighted by molar-refractivity contribution is 0.0999. The van der Waals surface area contributed by atoms with Crippen LogP contribution in [0.2, 0.25) is 0 Å². The number of amides is 1. The van der Waals surface area contributed by atoms with E-state index in [0.717, 1.165) is 16.9 Å². The highest BCUT2D eigenvalue weighted by molar-refractivity contribution is 5.94. The van der Waals surface area contributed by atoms with Gasteiger partial charge in [0.25, 0.3) is 0 Å². The van der Waals surface area contributed by atoms with Crippen LogP contribution in [-0.4, -0.2) is 12.5 Å². The Kier molecular flexibility index (Phi) is 3.93. The Morgan fingerprint density at radius 1 is 1.31 bits per heavy atom. The van der Waals surface area contributed by atoms with Gasteiger partial charge in [-0.15, -0.1) is 0 Å². The van der Waals surface area contributed by atoms with Crippen LogP contribution in [0, 0.1) is 19.8 Å². The summed E-state index contributed by atoms with van der Waals surface area (Å²) in [7, 11) is 0. The quantitative estimate of drug-likeness (QED) is 0.849. The summed E-state index contributed by atoms with van der Waals surface area (Å²) in [4.78, 5) is 11.1. The molecule has 0 unspecified atom stereocenters. The first kappa shape index (κ1) is 12.6. The molecule has 0 saturated carbocycles. The van der Waals surface area contributed by atoms with E-state index in [0.29, 0.717) is 18.1 Å². The van der Waals surface area contributed by atoms with Gasteiger partial charge in [-0.2, -0.15) is 0 Å². The second-order valence-corrected chi connectivity index (χ2v) is 4.50. The van der Waals surface area contributed by atoms with Crippen molar-refractivity contribution in [2.24, 2.45) is 11.7 Å². The molecule has 1 aromatic carbocycles. The molecule has 0 spiro atoms. The summed E-state index contributed by atoms with van der Waals surface area (Å²) in [6.45, 7) is 8.65. The lowest BCUT2D eigenvalue weighted by Crippen LogP contribution is -2.13. The molecule has 1 rings (SSSR count). The van der Waals surface area contributed by atoms with Crippen LogP contribution in [0.15, 0.2) is 12.1 Å². The monoisotopic (exact) mass is 221 g/mol. The molecule has 0 heterocycles. The van der Waals surface area contributed by atoms with Gasteiger partial charge in [-0.05, 0) is 43.0 Å². The standard InChI is InChI=1S/C13H19NO2/c1-8(2)7-16-12-6-9(3)11(13(14)15)5-10(12)4/h5-6,8H,7H2,1-4H3,(H2,14,15). The fourth-order valence-corrected chi connectivity index (χ4v) is 1.47. The minimum absolute atomic E-state index is 0.393. The molecule has 0 aliphatic carbocycles. The van der Waals surface area contributed by atoms with Gasteiger partial charge in [0, 0.05) is 5.56 Å². The lowest BCUT2D eigenvalue weighted by atomic mass is 10.0. The molecule has 1 aromatic rings. The minimum Gasteiger partial charge on any atom is -0.493 e. The topological polar surface area (TPSA) is 52.3 Å². The molecule has 0 aliphatic rings. The second-order valence-electron chi connectivity index (χ2n) is 4.50. The number of ether oxygens (including phenoxy) is 1. The molecule has 16 heavy (non-hydrogen) atoms. The molecule has 0 aromatic heterocycles. The fraction of sp³-hybridized carbons (Fsp3) is 0.462. The fourth-order valence-electron chi connectivity index (χ4n) is 1.47. The Morgan fingerprint density at radius 3 is 2.44 bits per heavy atom. The smallest absolute Gasteiger partial charge is 0.248 e. The number of rotatable bonds is 4. The van der Waals surface area contributed by atoms with E-state index in [9.17, 15) is 4.79 Å². The van der Waals surface area contributed by atoms with E-state index in [1.807, 2.05) is 19.9 Å². The highest BCUT2D eigenvalue weighted by Gasteiger charge is 2.09. The normalized spacial score (nSPS) is 10.6. The summed E-state index contributed by atoms with van der Waals surface area (Å²) in [5, 5.41) is 0. The van der Waals surface area contributed by atoms with Crippen molar-refractivity contribution in [2.75, 3.05) is 6.61 Å². The first-order chi connectivity index (χ1) is 7.41. The number of carbonyl (C=O) groups is 1. The first-order valence-electron chi connectivity index (χ1n) is 5.45. The van der Waals surface area contributed by atoms with Gasteiger partial charge in [0.05, 0.1) is 6.61 Å². The maximum Gasteiger partial charge on any atom is 0.248 e. The molecule has 0 bridgehead atoms. The predicted molar refractivity (Wildman–Crippen MR) is 64.8 cm³/mol. The van der Waals surface area contributed by atoms with Crippen LogP contribution in [0.3, 0.4) is 0 Å². The summed E-state index contributed by atoms with van der Waals surface area (Å²) in [6.07, 6.45) is 0. The molecule has 0 saturated heterocycles. The number of carbonyl (C=O) groups excluding carboxylic acids is 1. The van der Waals surface area contributed by atoms with Crippen LogP contribution in [-0.2, 0) is 0 Å². The zero-order valence-electron chi connectivity index (χ0n) is 10.3. The van der Waals surface area contributed by atoms with Crippen molar-refractivity contribution < 1.29 is 9.53 Å². The van der Waals surface area contributed by atoms with E-state index < -0.39 is 5.91 Å². The average molecular weight is 221 g/mol. The van der Waals surface area contributed by atoms with Crippen LogP contribution in [0.1, 0.15) is 35.3 Å². The van der Waals surface area contributed by atoms with Gasteiger partial charge in [0.2, 0.25) is 5.91 Å². The molecule has 0 aliphatic heterocycles. The van der Waals surface area contributed by atoms with Gasteiger partial charge >= 0.3 is 0 Å². The molecule has 0 fully saturated rings. The highest BCUT2D eigenvalue weighted by Crippen LogP contribution is 2.23. The summed E-state index contributed by atoms with van der Waals surface area (Å²) < 4.78 is 5.66. The molecule has 1 amide bonds. The van der Waals surface area contributed by atoms with Gasteiger partial charge in [0.15, 0.2) is 0 Å². The summed E-state index contributed by atoms with van der Waals surface area (Å²) in [5.74, 6) is 0.919. The number of benzene rings is 1. The van der Waals surface area contributed by atoms with E-state index in [-0.39, 0.29) is 0 Å². The molecular weight excluding hydrogens is 202 g/mol. The van der Waals surface area contributed by atoms with Crippen molar-refractivity contribution in [1.29, 1.82) is 0 Å². The third kappa shape index (κ3) is 2.99. The number of aryl methyl sites for hydroxylation is 2. The van der Waals surface area contributed by atoms with Gasteiger partial charge in [-0.25, -0.2) is 0 Å². The molecule has 2 N–H and O–H groups in total. The van der Waals surface area contributed by atoms with Crippen LogP contribution < -0.4 is 10.5 Å². The Bertz CT molecular complexity index is 397. The Balaban J connectivity index is 2.96. The van der Waals surface area contributed by atoms with E-state index in [1.54, 1.807) is 6.07 Å². The first-order valence-corrected chi connectivity index (χ1v) is 5.45. The van der Waals surface area contributed by atoms with Crippen LogP contribution in [0.25, 0.3) is 0 Å². The SMILES string of the molecule is Cc1cc(C(N)=O)c(C)cc1OCC(C)C. The molecular formula is C13H19NO2. The molecule has 0 atom stereocenters. The maximum atomic E-state index is 11.1. The Labute approximate surface area is 96.6 Å². The Morgan fingerprint density at radius 2 is 1.94 bits per heavy atom. The number of primary amides is 1. The van der Waals surface area contributed by atoms with E-state index in [2.05, 4.69) is 13.8 Å². The minimum atomic E-state index is -0.393. The van der Waals surface area contributed by atoms with Gasteiger partial charge < -0.3 is 10.5 Å². The predicted octanol–water partition coefficient (Wildman–Crippen LogP) is 2.44. The number of hydrogen-bond donors (Lipinski definition) is 1. The van der Waals surface area contributed by atoms with Crippen molar-refractivity contribution in [1.82, 2.24) is 0 Å². The number of hydrogen-bond acceptors (Lipinski definition) is 2. The highest BCUT2D eigenvalue weighted by atomic mass is 16.5. The van der Waals surface area contributed by atoms with Gasteiger partial charge in [-0.1, -0.05) is 13.8 Å². The lowest BCUT2D eigenvalue weighted by Gasteiger charge is -2.13. The Hall–Kier alpha value is -1.51. The summed E-state index contributed by atoms with van der Waals surface area (Å²) >= 11 is 0. The van der Waals surface area contributed by atoms with Crippen molar-refractivity contribution in [3.8, 4) is 5.75 Å². The summed E-state index contributed by atoms with van der Waals surface area (Å²) in [5.41, 5.74) is 7.64. The van der Waals surface area contributed by atoms with Crippen LogP contribution in [0.5, 0.6) is 5.75 Å². The third-order valence-electron chi connectivity index (χ3n) is 2.36. The van der Waals surface area contributed by atoms with Crippen LogP contribution in [0.4, 0.5) is 0 Å². The number of nitrogens with two attached hydrogens (primary N) is 1. The van der Waals surface area contributed by atoms with Gasteiger partial charge in [-0.3, -0.25) is 4.79 Å². The van der Waals surface area contributed by atoms with Crippen molar-refractivity contribution in [3.05, 3.63) is 28.8 Å². The van der Waals surface area contributed by atoms with E-state index in [1.165, 1.54) is 0 Å². The second kappa shape index (κ2) is 5.01. The van der Waals surface area contributed by atoms with E-state index in [4.69, 9.17) is 10.5 Å². The van der Waals surface area contributed by atoms with Crippen LogP contribution >= 0.6 is 0 Å². The molecule has 88 valence electrons. The van der Waals surface area contributed by atoms with Crippen molar-refractivity contribution >= 4 is 5.91 Å². The molecule has 0 radical (unpaired) electrons. The van der Waals surface area contributed by atoms with Crippen molar-refractivity contribution in [2.45, 2.75) is 27.7 Å². The third-order valence-corrected chi connectivity index (χ3v) is 2.36. The largest absolute Gasteiger partial charge is 0.493 e. The molecule has 3 heteroatoms. The van der Waals surface area contributed by atoms with E-state index >= 15 is 0 Å². The zero-order chi connectivity index (χ0) is 12.3. The molecule has 3 nitrogen and oxygen atoms in total. The van der Waals surface area contributed by atoms with Gasteiger partial charge in [0.1, 0.15) is 5.75 Å². The average Bonchev–Trinajstić information content (AvgIpc) is 2.18. The van der Waals surface area contributed by atoms with Crippen molar-refractivity contribution in [3.63, 3.8) is 0 Å². The zero-order valence-corrected chi connectivity index (χ0v) is 10.3.